The molecule has 0 unspecified atom stereocenters. The van der Waals surface area contributed by atoms with Crippen LogP contribution in [-0.4, -0.2) is 37.5 Å². The number of ether oxygens (including phenoxy) is 2. The zero-order valence-electron chi connectivity index (χ0n) is 20.0. The zero-order valence-corrected chi connectivity index (χ0v) is 20.8. The number of carbonyl (C=O) groups excluding carboxylic acids is 2. The molecule has 0 fully saturated rings. The van der Waals surface area contributed by atoms with Crippen molar-refractivity contribution in [2.45, 2.75) is 26.4 Å². The van der Waals surface area contributed by atoms with E-state index in [0.717, 1.165) is 12.0 Å². The van der Waals surface area contributed by atoms with E-state index in [4.69, 9.17) is 25.5 Å². The number of hydrogen-bond donors (Lipinski definition) is 1. The fraction of sp³-hybridized carbons (Fsp3) is 0.259. The van der Waals surface area contributed by atoms with Crippen LogP contribution in [0.1, 0.15) is 40.6 Å². The van der Waals surface area contributed by atoms with Crippen LogP contribution in [0.4, 0.5) is 0 Å². The summed E-state index contributed by atoms with van der Waals surface area (Å²) in [5.74, 6) is 1.28. The Morgan fingerprint density at radius 3 is 2.54 bits per heavy atom. The van der Waals surface area contributed by atoms with E-state index < -0.39 is 0 Å². The molecule has 0 bridgehead atoms. The second-order valence-corrected chi connectivity index (χ2v) is 8.17. The summed E-state index contributed by atoms with van der Waals surface area (Å²) >= 11 is 6.40. The molecule has 1 N–H and O–H groups in total. The van der Waals surface area contributed by atoms with Crippen molar-refractivity contribution in [1.82, 2.24) is 10.2 Å². The summed E-state index contributed by atoms with van der Waals surface area (Å²) in [6.45, 7) is 3.16. The fourth-order valence-electron chi connectivity index (χ4n) is 3.38. The highest BCUT2D eigenvalue weighted by Gasteiger charge is 2.15. The molecule has 184 valence electrons. The minimum Gasteiger partial charge on any atom is -0.493 e. The van der Waals surface area contributed by atoms with E-state index in [1.54, 1.807) is 61.7 Å². The molecule has 1 heterocycles. The van der Waals surface area contributed by atoms with Crippen LogP contribution in [0.25, 0.3) is 6.08 Å². The van der Waals surface area contributed by atoms with Crippen molar-refractivity contribution in [3.8, 4) is 11.5 Å². The van der Waals surface area contributed by atoms with E-state index >= 15 is 0 Å². The lowest BCUT2D eigenvalue weighted by Crippen LogP contribution is -2.28. The Labute approximate surface area is 210 Å². The summed E-state index contributed by atoms with van der Waals surface area (Å²) in [6.07, 6.45) is 5.59. The third kappa shape index (κ3) is 7.13. The zero-order chi connectivity index (χ0) is 25.2. The molecule has 0 radical (unpaired) electrons. The van der Waals surface area contributed by atoms with Gasteiger partial charge in [-0.25, -0.2) is 0 Å². The van der Waals surface area contributed by atoms with Crippen LogP contribution in [0.2, 0.25) is 5.02 Å². The van der Waals surface area contributed by atoms with Gasteiger partial charge in [-0.05, 0) is 60.0 Å². The van der Waals surface area contributed by atoms with E-state index in [1.165, 1.54) is 6.08 Å². The number of rotatable bonds is 11. The Bertz CT molecular complexity index is 1160. The van der Waals surface area contributed by atoms with Crippen LogP contribution in [0.5, 0.6) is 11.5 Å². The molecule has 35 heavy (non-hydrogen) atoms. The first kappa shape index (κ1) is 25.9. The maximum atomic E-state index is 13.2. The molecule has 3 rings (SSSR count). The summed E-state index contributed by atoms with van der Waals surface area (Å²) in [6, 6.07) is 14.2. The van der Waals surface area contributed by atoms with Gasteiger partial charge in [0.1, 0.15) is 5.76 Å². The predicted molar refractivity (Wildman–Crippen MR) is 136 cm³/mol. The Morgan fingerprint density at radius 2 is 1.91 bits per heavy atom. The van der Waals surface area contributed by atoms with Gasteiger partial charge < -0.3 is 24.1 Å². The second kappa shape index (κ2) is 12.7. The maximum absolute atomic E-state index is 13.2. The van der Waals surface area contributed by atoms with Gasteiger partial charge in [0.2, 0.25) is 5.91 Å². The van der Waals surface area contributed by atoms with E-state index in [-0.39, 0.29) is 11.8 Å². The summed E-state index contributed by atoms with van der Waals surface area (Å²) in [5, 5.41) is 3.01. The van der Waals surface area contributed by atoms with Crippen molar-refractivity contribution < 1.29 is 23.5 Å². The normalized spacial score (nSPS) is 10.9. The highest BCUT2D eigenvalue weighted by Crippen LogP contribution is 2.37. The summed E-state index contributed by atoms with van der Waals surface area (Å²) in [5.41, 5.74) is 2.14. The lowest BCUT2D eigenvalue weighted by atomic mass is 10.1. The smallest absolute Gasteiger partial charge is 0.251 e. The largest absolute Gasteiger partial charge is 0.493 e. The molecule has 3 aromatic rings. The molecule has 2 aromatic carbocycles. The molecule has 0 aliphatic rings. The molecule has 1 aromatic heterocycles. The van der Waals surface area contributed by atoms with Crippen molar-refractivity contribution in [3.05, 3.63) is 88.3 Å². The number of nitrogens with zero attached hydrogens (tertiary/aromatic N) is 1. The van der Waals surface area contributed by atoms with Gasteiger partial charge in [0.25, 0.3) is 5.91 Å². The molecule has 0 aliphatic carbocycles. The monoisotopic (exact) mass is 496 g/mol. The Kier molecular flexibility index (Phi) is 9.38. The van der Waals surface area contributed by atoms with Crippen LogP contribution in [0, 0.1) is 0 Å². The van der Waals surface area contributed by atoms with E-state index in [0.29, 0.717) is 53.1 Å². The number of amides is 2. The number of nitrogens with one attached hydrogen (secondary N) is 1. The van der Waals surface area contributed by atoms with Gasteiger partial charge in [0, 0.05) is 25.2 Å². The SMILES string of the molecule is CCCOc1c(Cl)cc(/C=C/C(=O)N(Cc2ccc(C(=O)NC)cc2)Cc2ccco2)cc1OC. The first-order valence-electron chi connectivity index (χ1n) is 11.3. The number of benzene rings is 2. The summed E-state index contributed by atoms with van der Waals surface area (Å²) < 4.78 is 16.6. The number of methoxy groups -OCH3 is 1. The van der Waals surface area contributed by atoms with E-state index in [1.807, 2.05) is 25.1 Å². The quantitative estimate of drug-likeness (QED) is 0.363. The van der Waals surface area contributed by atoms with Gasteiger partial charge in [0.05, 0.1) is 31.5 Å². The molecule has 0 spiro atoms. The summed E-state index contributed by atoms with van der Waals surface area (Å²) in [7, 11) is 3.13. The average molecular weight is 497 g/mol. The third-order valence-corrected chi connectivity index (χ3v) is 5.46. The molecule has 7 nitrogen and oxygen atoms in total. The molecule has 0 saturated heterocycles. The van der Waals surface area contributed by atoms with Crippen molar-refractivity contribution in [3.63, 3.8) is 0 Å². The Balaban J connectivity index is 1.80. The Morgan fingerprint density at radius 1 is 1.14 bits per heavy atom. The van der Waals surface area contributed by atoms with Crippen LogP contribution in [0.15, 0.2) is 65.3 Å². The molecule has 8 heteroatoms. The van der Waals surface area contributed by atoms with Crippen LogP contribution < -0.4 is 14.8 Å². The Hall–Kier alpha value is -3.71. The van der Waals surface area contributed by atoms with Gasteiger partial charge in [0.15, 0.2) is 11.5 Å². The fourth-order valence-corrected chi connectivity index (χ4v) is 3.66. The molecule has 0 saturated carbocycles. The van der Waals surface area contributed by atoms with Gasteiger partial charge in [-0.3, -0.25) is 9.59 Å². The van der Waals surface area contributed by atoms with Crippen molar-refractivity contribution in [1.29, 1.82) is 0 Å². The van der Waals surface area contributed by atoms with Crippen LogP contribution >= 0.6 is 11.6 Å². The highest BCUT2D eigenvalue weighted by molar-refractivity contribution is 6.32. The lowest BCUT2D eigenvalue weighted by molar-refractivity contribution is -0.127. The molecule has 2 amide bonds. The highest BCUT2D eigenvalue weighted by atomic mass is 35.5. The van der Waals surface area contributed by atoms with Crippen LogP contribution in [-0.2, 0) is 17.9 Å². The second-order valence-electron chi connectivity index (χ2n) is 7.77. The lowest BCUT2D eigenvalue weighted by Gasteiger charge is -2.20. The topological polar surface area (TPSA) is 81.0 Å². The maximum Gasteiger partial charge on any atom is 0.251 e. The number of furan rings is 1. The molecule has 0 aliphatic heterocycles. The predicted octanol–water partition coefficient (Wildman–Crippen LogP) is 5.33. The first-order valence-corrected chi connectivity index (χ1v) is 11.6. The number of hydrogen-bond acceptors (Lipinski definition) is 5. The summed E-state index contributed by atoms with van der Waals surface area (Å²) in [4.78, 5) is 26.6. The minimum atomic E-state index is -0.210. The van der Waals surface area contributed by atoms with Crippen molar-refractivity contribution >= 4 is 29.5 Å². The van der Waals surface area contributed by atoms with Gasteiger partial charge >= 0.3 is 0 Å². The van der Waals surface area contributed by atoms with Crippen molar-refractivity contribution in [2.75, 3.05) is 20.8 Å². The van der Waals surface area contributed by atoms with Crippen molar-refractivity contribution in [2.24, 2.45) is 0 Å². The first-order chi connectivity index (χ1) is 16.9. The van der Waals surface area contributed by atoms with E-state index in [9.17, 15) is 9.59 Å². The minimum absolute atomic E-state index is 0.164. The van der Waals surface area contributed by atoms with Gasteiger partial charge in [-0.1, -0.05) is 30.7 Å². The number of carbonyl (C=O) groups is 2. The number of halogens is 1. The molecular weight excluding hydrogens is 468 g/mol. The molecule has 0 atom stereocenters. The molecular formula is C27H29ClN2O5. The van der Waals surface area contributed by atoms with E-state index in [2.05, 4.69) is 5.32 Å². The van der Waals surface area contributed by atoms with Gasteiger partial charge in [-0.2, -0.15) is 0 Å². The third-order valence-electron chi connectivity index (χ3n) is 5.18. The van der Waals surface area contributed by atoms with Crippen LogP contribution in [0.3, 0.4) is 0 Å². The van der Waals surface area contributed by atoms with Gasteiger partial charge in [-0.15, -0.1) is 0 Å². The standard InChI is InChI=1S/C27H29ClN2O5/c1-4-13-35-26-23(28)15-20(16-24(26)33-3)9-12-25(31)30(18-22-6-5-14-34-22)17-19-7-10-21(11-8-19)27(32)29-2/h5-12,14-16H,4,13,17-18H2,1-3H3,(H,29,32)/b12-9+. The average Bonchev–Trinajstić information content (AvgIpc) is 3.39.